The topological polar surface area (TPSA) is 116 Å². The molecule has 9 nitrogen and oxygen atoms in total. The van der Waals surface area contributed by atoms with E-state index < -0.39 is 40.5 Å². The Morgan fingerprint density at radius 3 is 2.47 bits per heavy atom. The lowest BCUT2D eigenvalue weighted by atomic mass is 10.1. The quantitative estimate of drug-likeness (QED) is 0.585. The summed E-state index contributed by atoms with van der Waals surface area (Å²) in [4.78, 5) is 38.6. The van der Waals surface area contributed by atoms with Crippen LogP contribution in [0.2, 0.25) is 0 Å². The Labute approximate surface area is 199 Å². The van der Waals surface area contributed by atoms with Crippen molar-refractivity contribution in [2.24, 2.45) is 0 Å². The largest absolute Gasteiger partial charge is 0.325 e. The maximum atomic E-state index is 13.1. The summed E-state index contributed by atoms with van der Waals surface area (Å²) in [6, 6.07) is 12.6. The fourth-order valence-electron chi connectivity index (χ4n) is 4.26. The van der Waals surface area contributed by atoms with Crippen LogP contribution in [0.25, 0.3) is 0 Å². The standard InChI is InChI=1S/C24H28N4O5S/c1-17-10-11-19(15-21(17)34(32,33)27-12-6-3-7-13-27)25-22(29)16-28-23(30)20(26-24(28)31)14-18-8-4-2-5-9-18/h2,4-5,8-11,15,20H,3,6-7,12-14,16H2,1H3,(H,25,29)(H,26,31)/t20-/m1/s1. The number of hydrogen-bond donors (Lipinski definition) is 2. The van der Waals surface area contributed by atoms with Crippen LogP contribution in [0.3, 0.4) is 0 Å². The van der Waals surface area contributed by atoms with E-state index in [0.29, 0.717) is 30.8 Å². The Balaban J connectivity index is 1.42. The van der Waals surface area contributed by atoms with Crippen LogP contribution in [-0.2, 0) is 26.0 Å². The van der Waals surface area contributed by atoms with Gasteiger partial charge in [-0.05, 0) is 43.0 Å². The summed E-state index contributed by atoms with van der Waals surface area (Å²) in [6.45, 7) is 2.21. The molecule has 0 aromatic heterocycles. The third-order valence-electron chi connectivity index (χ3n) is 6.10. The van der Waals surface area contributed by atoms with Crippen LogP contribution in [0.4, 0.5) is 10.5 Å². The molecule has 2 saturated heterocycles. The molecular weight excluding hydrogens is 456 g/mol. The second kappa shape index (κ2) is 9.94. The van der Waals surface area contributed by atoms with Crippen molar-refractivity contribution in [1.82, 2.24) is 14.5 Å². The van der Waals surface area contributed by atoms with Crippen molar-refractivity contribution < 1.29 is 22.8 Å². The zero-order chi connectivity index (χ0) is 24.3. The highest BCUT2D eigenvalue weighted by Gasteiger charge is 2.39. The number of piperidine rings is 1. The van der Waals surface area contributed by atoms with E-state index >= 15 is 0 Å². The lowest BCUT2D eigenvalue weighted by Crippen LogP contribution is -2.38. The van der Waals surface area contributed by atoms with E-state index in [2.05, 4.69) is 10.6 Å². The van der Waals surface area contributed by atoms with Crippen molar-refractivity contribution in [3.05, 3.63) is 59.7 Å². The minimum atomic E-state index is -3.67. The number of sulfonamides is 1. The molecule has 2 aliphatic heterocycles. The third kappa shape index (κ3) is 5.13. The molecule has 0 aliphatic carbocycles. The van der Waals surface area contributed by atoms with E-state index in [-0.39, 0.29) is 4.90 Å². The second-order valence-corrected chi connectivity index (χ2v) is 10.5. The Bertz CT molecular complexity index is 1190. The average Bonchev–Trinajstić information content (AvgIpc) is 3.08. The predicted molar refractivity (Wildman–Crippen MR) is 127 cm³/mol. The molecule has 0 unspecified atom stereocenters. The molecule has 2 N–H and O–H groups in total. The maximum absolute atomic E-state index is 13.1. The molecule has 0 bridgehead atoms. The van der Waals surface area contributed by atoms with Crippen LogP contribution >= 0.6 is 0 Å². The van der Waals surface area contributed by atoms with Gasteiger partial charge in [-0.1, -0.05) is 42.8 Å². The van der Waals surface area contributed by atoms with Gasteiger partial charge in [0.2, 0.25) is 15.9 Å². The molecule has 0 radical (unpaired) electrons. The number of aryl methyl sites for hydroxylation is 1. The smallest absolute Gasteiger partial charge is 0.325 e. The highest BCUT2D eigenvalue weighted by atomic mass is 32.2. The molecule has 1 atom stereocenters. The van der Waals surface area contributed by atoms with Crippen molar-refractivity contribution in [3.8, 4) is 0 Å². The number of hydrogen-bond acceptors (Lipinski definition) is 5. The molecule has 0 spiro atoms. The number of urea groups is 1. The van der Waals surface area contributed by atoms with Crippen LogP contribution < -0.4 is 10.6 Å². The van der Waals surface area contributed by atoms with Crippen molar-refractivity contribution >= 4 is 33.6 Å². The minimum Gasteiger partial charge on any atom is -0.325 e. The molecule has 2 aromatic carbocycles. The number of nitrogens with zero attached hydrogens (tertiary/aromatic N) is 2. The molecule has 2 aliphatic rings. The summed E-state index contributed by atoms with van der Waals surface area (Å²) >= 11 is 0. The third-order valence-corrected chi connectivity index (χ3v) is 8.14. The van der Waals surface area contributed by atoms with Gasteiger partial charge in [0.1, 0.15) is 12.6 Å². The fraction of sp³-hybridized carbons (Fsp3) is 0.375. The number of carbonyl (C=O) groups is 3. The zero-order valence-corrected chi connectivity index (χ0v) is 19.8. The highest BCUT2D eigenvalue weighted by molar-refractivity contribution is 7.89. The maximum Gasteiger partial charge on any atom is 0.325 e. The summed E-state index contributed by atoms with van der Waals surface area (Å²) in [5.41, 5.74) is 1.77. The van der Waals surface area contributed by atoms with E-state index in [9.17, 15) is 22.8 Å². The molecule has 2 heterocycles. The number of amides is 4. The number of anilines is 1. The van der Waals surface area contributed by atoms with E-state index in [0.717, 1.165) is 29.7 Å². The summed E-state index contributed by atoms with van der Waals surface area (Å²) in [7, 11) is -3.67. The van der Waals surface area contributed by atoms with E-state index in [1.165, 1.54) is 10.4 Å². The van der Waals surface area contributed by atoms with Gasteiger partial charge in [0, 0.05) is 25.2 Å². The van der Waals surface area contributed by atoms with Gasteiger partial charge in [-0.25, -0.2) is 13.2 Å². The lowest BCUT2D eigenvalue weighted by Gasteiger charge is -2.26. The molecule has 2 aromatic rings. The SMILES string of the molecule is Cc1ccc(NC(=O)CN2C(=O)N[C@H](Cc3ccccc3)C2=O)cc1S(=O)(=O)N1CCCCC1. The lowest BCUT2D eigenvalue weighted by molar-refractivity contribution is -0.130. The van der Waals surface area contributed by atoms with Gasteiger partial charge in [-0.3, -0.25) is 14.5 Å². The monoisotopic (exact) mass is 484 g/mol. The average molecular weight is 485 g/mol. The Morgan fingerprint density at radius 1 is 1.06 bits per heavy atom. The number of imide groups is 1. The van der Waals surface area contributed by atoms with Gasteiger partial charge in [-0.15, -0.1) is 0 Å². The summed E-state index contributed by atoms with van der Waals surface area (Å²) in [6.07, 6.45) is 2.99. The van der Waals surface area contributed by atoms with Gasteiger partial charge >= 0.3 is 6.03 Å². The van der Waals surface area contributed by atoms with Crippen LogP contribution in [0.1, 0.15) is 30.4 Å². The van der Waals surface area contributed by atoms with E-state index in [1.807, 2.05) is 30.3 Å². The Morgan fingerprint density at radius 2 is 1.76 bits per heavy atom. The Kier molecular flexibility index (Phi) is 6.99. The first-order valence-corrected chi connectivity index (χ1v) is 12.8. The molecule has 4 rings (SSSR count). The minimum absolute atomic E-state index is 0.144. The predicted octanol–water partition coefficient (Wildman–Crippen LogP) is 2.27. The molecule has 10 heteroatoms. The first-order valence-electron chi connectivity index (χ1n) is 11.3. The number of rotatable bonds is 7. The van der Waals surface area contributed by atoms with Crippen LogP contribution in [-0.4, -0.2) is 61.1 Å². The van der Waals surface area contributed by atoms with Crippen molar-refractivity contribution in [2.75, 3.05) is 25.0 Å². The van der Waals surface area contributed by atoms with Gasteiger partial charge in [0.15, 0.2) is 0 Å². The molecule has 34 heavy (non-hydrogen) atoms. The van der Waals surface area contributed by atoms with Crippen LogP contribution in [0, 0.1) is 6.92 Å². The van der Waals surface area contributed by atoms with E-state index in [4.69, 9.17) is 0 Å². The molecular formula is C24H28N4O5S. The first-order chi connectivity index (χ1) is 16.3. The number of benzene rings is 2. The number of nitrogens with one attached hydrogen (secondary N) is 2. The fourth-order valence-corrected chi connectivity index (χ4v) is 6.03. The van der Waals surface area contributed by atoms with Gasteiger partial charge in [0.05, 0.1) is 4.90 Å². The molecule has 0 saturated carbocycles. The summed E-state index contributed by atoms with van der Waals surface area (Å²) in [5, 5.41) is 5.24. The van der Waals surface area contributed by atoms with Gasteiger partial charge < -0.3 is 10.6 Å². The molecule has 2 fully saturated rings. The second-order valence-electron chi connectivity index (χ2n) is 8.61. The normalized spacial score (nSPS) is 19.2. The molecule has 180 valence electrons. The van der Waals surface area contributed by atoms with Gasteiger partial charge in [0.25, 0.3) is 5.91 Å². The van der Waals surface area contributed by atoms with Crippen molar-refractivity contribution in [2.45, 2.75) is 43.5 Å². The zero-order valence-electron chi connectivity index (χ0n) is 19.0. The van der Waals surface area contributed by atoms with Crippen LogP contribution in [0.5, 0.6) is 0 Å². The highest BCUT2D eigenvalue weighted by Crippen LogP contribution is 2.26. The molecule has 4 amide bonds. The van der Waals surface area contributed by atoms with E-state index in [1.54, 1.807) is 19.1 Å². The van der Waals surface area contributed by atoms with Crippen LogP contribution in [0.15, 0.2) is 53.4 Å². The van der Waals surface area contributed by atoms with Crippen molar-refractivity contribution in [3.63, 3.8) is 0 Å². The summed E-state index contributed by atoms with van der Waals surface area (Å²) < 4.78 is 27.7. The number of carbonyl (C=O) groups excluding carboxylic acids is 3. The van der Waals surface area contributed by atoms with Crippen molar-refractivity contribution in [1.29, 1.82) is 0 Å². The Hall–Kier alpha value is -3.24. The first kappa shape index (κ1) is 23.9. The van der Waals surface area contributed by atoms with Gasteiger partial charge in [-0.2, -0.15) is 4.31 Å². The summed E-state index contributed by atoms with van der Waals surface area (Å²) in [5.74, 6) is -1.06.